The molecular formula is C66H56BrNO20. The number of halogens is 1. The fraction of sp³-hybridized carbons (Fsp3) is 0.0606. The fourth-order valence-corrected chi connectivity index (χ4v) is 6.59. The van der Waals surface area contributed by atoms with E-state index in [1.807, 2.05) is 43.3 Å². The number of carboxylic acid groups (broad SMARTS) is 8. The number of esters is 1. The lowest BCUT2D eigenvalue weighted by Gasteiger charge is -2.00. The zero-order valence-corrected chi connectivity index (χ0v) is 48.4. The average molecular weight is 1260 g/mol. The molecule has 0 aliphatic rings. The minimum absolute atomic E-state index is 0.0557. The highest BCUT2D eigenvalue weighted by Crippen LogP contribution is 2.18. The van der Waals surface area contributed by atoms with Gasteiger partial charge in [-0.15, -0.1) is 0 Å². The molecule has 22 heteroatoms. The number of aliphatic hydroxyl groups excluding tert-OH is 1. The lowest BCUT2D eigenvalue weighted by atomic mass is 10.1. The van der Waals surface area contributed by atoms with E-state index in [0.29, 0.717) is 39.1 Å². The molecule has 0 atom stereocenters. The molecule has 9 aromatic rings. The van der Waals surface area contributed by atoms with Gasteiger partial charge >= 0.3 is 53.7 Å². The highest BCUT2D eigenvalue weighted by molar-refractivity contribution is 9.10. The van der Waals surface area contributed by atoms with E-state index < -0.39 is 53.7 Å². The second-order valence-electron chi connectivity index (χ2n) is 17.0. The maximum Gasteiger partial charge on any atom is 0.337 e. The summed E-state index contributed by atoms with van der Waals surface area (Å²) in [5.41, 5.74) is 4.79. The van der Waals surface area contributed by atoms with Crippen LogP contribution in [0.5, 0.6) is 5.75 Å². The van der Waals surface area contributed by atoms with E-state index in [4.69, 9.17) is 56.0 Å². The number of methoxy groups -OCH3 is 2. The van der Waals surface area contributed by atoms with Crippen LogP contribution in [0.4, 0.5) is 0 Å². The van der Waals surface area contributed by atoms with Gasteiger partial charge in [0.25, 0.3) is 0 Å². The second kappa shape index (κ2) is 38.9. The molecule has 0 bridgehead atoms. The van der Waals surface area contributed by atoms with Gasteiger partial charge in [0.2, 0.25) is 0 Å². The molecule has 9 aromatic carbocycles. The van der Waals surface area contributed by atoms with Gasteiger partial charge in [-0.2, -0.15) is 5.26 Å². The summed E-state index contributed by atoms with van der Waals surface area (Å²) in [7, 11) is 2.81. The Morgan fingerprint density at radius 2 is 0.739 bits per heavy atom. The zero-order chi connectivity index (χ0) is 65.7. The molecule has 0 aliphatic heterocycles. The first-order valence-corrected chi connectivity index (χ1v) is 25.9. The normalized spacial score (nSPS) is 9.32. The highest BCUT2D eigenvalue weighted by Gasteiger charge is 2.09. The van der Waals surface area contributed by atoms with Gasteiger partial charge in [-0.05, 0) is 163 Å². The number of aryl methyl sites for hydroxylation is 1. The van der Waals surface area contributed by atoms with E-state index in [0.717, 1.165) is 26.4 Å². The average Bonchev–Trinajstić information content (AvgIpc) is 3.63. The lowest BCUT2D eigenvalue weighted by molar-refractivity contribution is 0.0595. The third-order valence-corrected chi connectivity index (χ3v) is 11.5. The Morgan fingerprint density at radius 3 is 1.11 bits per heavy atom. The number of rotatable bonds is 11. The summed E-state index contributed by atoms with van der Waals surface area (Å²) in [6, 6.07) is 59.8. The zero-order valence-electron chi connectivity index (χ0n) is 46.8. The smallest absolute Gasteiger partial charge is 0.337 e. The molecular weight excluding hydrogens is 1210 g/mol. The van der Waals surface area contributed by atoms with E-state index >= 15 is 0 Å². The number of nitrogens with zero attached hydrogens (tertiary/aromatic N) is 1. The van der Waals surface area contributed by atoms with Crippen LogP contribution in [0.3, 0.4) is 0 Å². The summed E-state index contributed by atoms with van der Waals surface area (Å²) in [5, 5.41) is 87.0. The number of fused-ring (bicyclic) bond motifs is 1. The van der Waals surface area contributed by atoms with Crippen LogP contribution in [0.2, 0.25) is 0 Å². The van der Waals surface area contributed by atoms with Crippen LogP contribution >= 0.6 is 15.9 Å². The van der Waals surface area contributed by atoms with Gasteiger partial charge in [0, 0.05) is 4.47 Å². The molecule has 0 aliphatic carbocycles. The van der Waals surface area contributed by atoms with Crippen LogP contribution in [0.1, 0.15) is 110 Å². The van der Waals surface area contributed by atoms with Crippen molar-refractivity contribution in [2.24, 2.45) is 0 Å². The Hall–Kier alpha value is -11.8. The summed E-state index contributed by atoms with van der Waals surface area (Å²) >= 11 is 3.20. The molecule has 452 valence electrons. The summed E-state index contributed by atoms with van der Waals surface area (Å²) in [6.45, 7) is 1.87. The SMILES string of the molecule is COC(=O)c1ccc(C(=O)O)cc1.COc1ccc(C(=O)O)cc1.Cc1ccc(C(=O)O)cc1.N#Cc1ccc(C(=O)O)cc1.O=C(O)c1ccc(Br)cc1.O=C(O)c1ccc(CO)cc1.O=C(O)c1cccc2ccccc12.O=C(O)c1ccccc1. The number of carbonyl (C=O) groups excluding carboxylic acids is 1. The van der Waals surface area contributed by atoms with Gasteiger partial charge in [0.1, 0.15) is 5.75 Å². The van der Waals surface area contributed by atoms with E-state index in [2.05, 4.69) is 20.7 Å². The van der Waals surface area contributed by atoms with Crippen LogP contribution < -0.4 is 4.74 Å². The van der Waals surface area contributed by atoms with Crippen molar-refractivity contribution in [1.29, 1.82) is 5.26 Å². The van der Waals surface area contributed by atoms with Gasteiger partial charge in [0.15, 0.2) is 0 Å². The molecule has 0 saturated heterocycles. The predicted molar refractivity (Wildman–Crippen MR) is 326 cm³/mol. The number of carbonyl (C=O) groups is 9. The van der Waals surface area contributed by atoms with Crippen molar-refractivity contribution in [1.82, 2.24) is 0 Å². The Kier molecular flexibility index (Phi) is 31.9. The Balaban J connectivity index is 0.000000344. The maximum absolute atomic E-state index is 10.9. The molecule has 9 rings (SSSR count). The maximum atomic E-state index is 10.9. The number of ether oxygens (including phenoxy) is 2. The minimum atomic E-state index is -1.02. The first-order valence-electron chi connectivity index (χ1n) is 25.1. The largest absolute Gasteiger partial charge is 0.497 e. The van der Waals surface area contributed by atoms with Crippen LogP contribution in [0, 0.1) is 18.3 Å². The molecule has 88 heavy (non-hydrogen) atoms. The molecule has 0 fully saturated rings. The topological polar surface area (TPSA) is 378 Å². The van der Waals surface area contributed by atoms with Gasteiger partial charge in [-0.3, -0.25) is 0 Å². The van der Waals surface area contributed by atoms with Crippen LogP contribution in [0.15, 0.2) is 223 Å². The third-order valence-electron chi connectivity index (χ3n) is 11.0. The van der Waals surface area contributed by atoms with Gasteiger partial charge in [-0.1, -0.05) is 100 Å². The highest BCUT2D eigenvalue weighted by atomic mass is 79.9. The molecule has 0 heterocycles. The number of carboxylic acids is 8. The van der Waals surface area contributed by atoms with E-state index in [-0.39, 0.29) is 28.9 Å². The summed E-state index contributed by atoms with van der Waals surface area (Å²) in [4.78, 5) is 94.0. The van der Waals surface area contributed by atoms with Crippen molar-refractivity contribution in [3.63, 3.8) is 0 Å². The standard InChI is InChI=1S/C11H8O2.C9H8O4.C8H5NO2.2C8H8O3.C8H8O2.C7H5BrO2.C7H6O2/c12-11(13)10-7-3-5-8-4-1-2-6-9(8)10;1-13-9(12)7-4-2-6(3-5-7)8(10)11;9-5-6-1-3-7(4-2-6)8(10)11;1-11-7-4-2-6(3-5-7)8(9)10;9-5-6-1-3-7(4-2-6)8(10)11;1-6-2-4-7(5-3-6)8(9)10;8-6-3-1-5(2-4-6)7(9)10;8-7(9)6-4-2-1-3-5-6/h1-7H,(H,12,13);2-5H,1H3,(H,10,11);1-4H,(H,10,11);2-5H,1H3,(H,9,10);1-4,9H,5H2,(H,10,11);2-5H,1H3,(H,9,10);1-4H,(H,9,10);1-5H,(H,8,9). The third kappa shape index (κ3) is 27.1. The monoisotopic (exact) mass is 1260 g/mol. The number of hydrogen-bond donors (Lipinski definition) is 9. The molecule has 9 N–H and O–H groups in total. The van der Waals surface area contributed by atoms with Gasteiger partial charge in [-0.25, -0.2) is 43.2 Å². The number of aliphatic hydroxyl groups is 1. The van der Waals surface area contributed by atoms with Crippen molar-refractivity contribution in [2.75, 3.05) is 14.2 Å². The molecule has 0 unspecified atom stereocenters. The first kappa shape index (κ1) is 72.3. The lowest BCUT2D eigenvalue weighted by Crippen LogP contribution is -2.02. The van der Waals surface area contributed by atoms with Crippen LogP contribution in [-0.4, -0.2) is 114 Å². The summed E-state index contributed by atoms with van der Waals surface area (Å²) < 4.78 is 10.2. The van der Waals surface area contributed by atoms with Crippen molar-refractivity contribution in [3.05, 3.63) is 290 Å². The van der Waals surface area contributed by atoms with Crippen molar-refractivity contribution in [2.45, 2.75) is 13.5 Å². The number of aromatic carboxylic acids is 8. The quantitative estimate of drug-likeness (QED) is 0.0543. The van der Waals surface area contributed by atoms with Crippen LogP contribution in [0.25, 0.3) is 10.8 Å². The second-order valence-corrected chi connectivity index (χ2v) is 18.0. The molecule has 0 aromatic heterocycles. The van der Waals surface area contributed by atoms with Gasteiger partial charge < -0.3 is 55.4 Å². The predicted octanol–water partition coefficient (Wildman–Crippen LogP) is 12.5. The van der Waals surface area contributed by atoms with Crippen molar-refractivity contribution in [3.8, 4) is 11.8 Å². The van der Waals surface area contributed by atoms with Gasteiger partial charge in [0.05, 0.1) is 82.5 Å². The number of benzene rings is 9. The van der Waals surface area contributed by atoms with Crippen molar-refractivity contribution < 1.29 is 98.6 Å². The number of hydrogen-bond acceptors (Lipinski definition) is 13. The molecule has 0 saturated carbocycles. The van der Waals surface area contributed by atoms with E-state index in [9.17, 15) is 43.2 Å². The fourth-order valence-electron chi connectivity index (χ4n) is 6.32. The van der Waals surface area contributed by atoms with E-state index in [1.54, 1.807) is 115 Å². The molecule has 21 nitrogen and oxygen atoms in total. The minimum Gasteiger partial charge on any atom is -0.497 e. The molecule has 0 amide bonds. The molecule has 0 spiro atoms. The van der Waals surface area contributed by atoms with Crippen LogP contribution in [-0.2, 0) is 11.3 Å². The summed E-state index contributed by atoms with van der Waals surface area (Å²) in [6.07, 6.45) is 0. The van der Waals surface area contributed by atoms with Crippen molar-refractivity contribution >= 4 is 80.4 Å². The summed E-state index contributed by atoms with van der Waals surface area (Å²) in [5.74, 6) is -7.21. The Bertz CT molecular complexity index is 3660. The Morgan fingerprint density at radius 1 is 0.398 bits per heavy atom. The Labute approximate surface area is 511 Å². The first-order chi connectivity index (χ1) is 41.8. The number of nitriles is 1. The molecule has 0 radical (unpaired) electrons. The van der Waals surface area contributed by atoms with E-state index in [1.165, 1.54) is 87.0 Å².